The maximum atomic E-state index is 12.4. The zero-order chi connectivity index (χ0) is 21.3. The van der Waals surface area contributed by atoms with E-state index in [9.17, 15) is 4.79 Å². The molecule has 0 saturated heterocycles. The van der Waals surface area contributed by atoms with Crippen LogP contribution in [0.1, 0.15) is 57.4 Å². The quantitative estimate of drug-likeness (QED) is 0.325. The highest BCUT2D eigenvalue weighted by Gasteiger charge is 2.21. The first kappa shape index (κ1) is 22.7. The molecular formula is C22H29ClN4O2S. The van der Waals surface area contributed by atoms with Gasteiger partial charge in [0, 0.05) is 12.6 Å². The molecule has 1 N–H and O–H groups in total. The number of benzene rings is 1. The first-order valence-electron chi connectivity index (χ1n) is 10.5. The zero-order valence-corrected chi connectivity index (χ0v) is 18.9. The summed E-state index contributed by atoms with van der Waals surface area (Å²) in [7, 11) is 0. The highest BCUT2D eigenvalue weighted by atomic mass is 35.5. The highest BCUT2D eigenvalue weighted by Crippen LogP contribution is 2.29. The molecule has 1 aliphatic rings. The predicted molar refractivity (Wildman–Crippen MR) is 121 cm³/mol. The van der Waals surface area contributed by atoms with Crippen LogP contribution in [-0.4, -0.2) is 32.5 Å². The van der Waals surface area contributed by atoms with Crippen molar-refractivity contribution in [1.82, 2.24) is 20.1 Å². The van der Waals surface area contributed by atoms with Crippen molar-refractivity contribution in [2.75, 3.05) is 5.75 Å². The van der Waals surface area contributed by atoms with E-state index in [1.807, 2.05) is 29.7 Å². The molecule has 1 aromatic heterocycles. The Hall–Kier alpha value is -1.99. The number of amides is 1. The maximum Gasteiger partial charge on any atom is 0.230 e. The van der Waals surface area contributed by atoms with Gasteiger partial charge < -0.3 is 10.1 Å². The molecule has 30 heavy (non-hydrogen) atoms. The van der Waals surface area contributed by atoms with Gasteiger partial charge in [-0.05, 0) is 31.9 Å². The molecule has 1 aromatic carbocycles. The van der Waals surface area contributed by atoms with Crippen LogP contribution in [0, 0.1) is 0 Å². The van der Waals surface area contributed by atoms with E-state index in [-0.39, 0.29) is 12.0 Å². The average Bonchev–Trinajstić information content (AvgIpc) is 2.95. The minimum Gasteiger partial charge on any atom is -0.481 e. The van der Waals surface area contributed by atoms with E-state index in [4.69, 9.17) is 16.3 Å². The zero-order valence-electron chi connectivity index (χ0n) is 17.3. The van der Waals surface area contributed by atoms with Crippen LogP contribution in [0.2, 0.25) is 5.02 Å². The molecule has 1 fully saturated rings. The fourth-order valence-electron chi connectivity index (χ4n) is 3.61. The van der Waals surface area contributed by atoms with Crippen molar-refractivity contribution in [3.63, 3.8) is 0 Å². The fraction of sp³-hybridized carbons (Fsp3) is 0.500. The van der Waals surface area contributed by atoms with Gasteiger partial charge in [-0.1, -0.05) is 67.3 Å². The summed E-state index contributed by atoms with van der Waals surface area (Å²) in [6.45, 7) is 6.27. The first-order valence-corrected chi connectivity index (χ1v) is 11.8. The van der Waals surface area contributed by atoms with Crippen molar-refractivity contribution in [3.05, 3.63) is 47.8 Å². The first-order chi connectivity index (χ1) is 14.6. The van der Waals surface area contributed by atoms with Crippen molar-refractivity contribution < 1.29 is 9.53 Å². The van der Waals surface area contributed by atoms with Crippen molar-refractivity contribution in [3.8, 4) is 5.75 Å². The molecule has 8 heteroatoms. The van der Waals surface area contributed by atoms with E-state index in [0.717, 1.165) is 12.8 Å². The van der Waals surface area contributed by atoms with Crippen LogP contribution < -0.4 is 10.1 Å². The number of rotatable bonds is 9. The lowest BCUT2D eigenvalue weighted by Gasteiger charge is -2.17. The second kappa shape index (κ2) is 11.4. The molecule has 1 amide bonds. The molecule has 1 unspecified atom stereocenters. The Morgan fingerprint density at radius 3 is 2.77 bits per heavy atom. The SMILES string of the molecule is C=CCn1c(SCC(=O)NC2CCCCCC2)nnc1C(C)Oc1ccccc1Cl. The Morgan fingerprint density at radius 2 is 2.07 bits per heavy atom. The molecule has 1 heterocycles. The molecule has 0 aliphatic heterocycles. The molecule has 0 radical (unpaired) electrons. The second-order valence-electron chi connectivity index (χ2n) is 7.48. The standard InChI is InChI=1S/C22H29ClN4O2S/c1-3-14-27-21(16(2)29-19-13-9-8-12-18(19)23)25-26-22(27)30-15-20(28)24-17-10-6-4-5-7-11-17/h3,8-9,12-13,16-17H,1,4-7,10-11,14-15H2,2H3,(H,24,28). The monoisotopic (exact) mass is 448 g/mol. The number of nitrogens with one attached hydrogen (secondary N) is 1. The van der Waals surface area contributed by atoms with Crippen LogP contribution in [0.4, 0.5) is 0 Å². The van der Waals surface area contributed by atoms with Gasteiger partial charge in [0.15, 0.2) is 17.1 Å². The van der Waals surface area contributed by atoms with Gasteiger partial charge >= 0.3 is 0 Å². The summed E-state index contributed by atoms with van der Waals surface area (Å²) >= 11 is 7.59. The Labute approximate surface area is 187 Å². The number of hydrogen-bond acceptors (Lipinski definition) is 5. The van der Waals surface area contributed by atoms with Crippen molar-refractivity contribution in [2.24, 2.45) is 0 Å². The van der Waals surface area contributed by atoms with E-state index < -0.39 is 0 Å². The number of halogens is 1. The third-order valence-electron chi connectivity index (χ3n) is 5.11. The summed E-state index contributed by atoms with van der Waals surface area (Å²) in [4.78, 5) is 12.4. The minimum atomic E-state index is -0.355. The smallest absolute Gasteiger partial charge is 0.230 e. The summed E-state index contributed by atoms with van der Waals surface area (Å²) in [5.74, 6) is 1.62. The van der Waals surface area contributed by atoms with Crippen molar-refractivity contribution >= 4 is 29.3 Å². The lowest BCUT2D eigenvalue weighted by molar-refractivity contribution is -0.119. The fourth-order valence-corrected chi connectivity index (χ4v) is 4.56. The van der Waals surface area contributed by atoms with Crippen LogP contribution in [0.15, 0.2) is 42.1 Å². The van der Waals surface area contributed by atoms with Gasteiger partial charge in [0.05, 0.1) is 10.8 Å². The Balaban J connectivity index is 1.62. The lowest BCUT2D eigenvalue weighted by Crippen LogP contribution is -2.35. The van der Waals surface area contributed by atoms with E-state index in [2.05, 4.69) is 22.1 Å². The molecule has 3 rings (SSSR count). The third-order valence-corrected chi connectivity index (χ3v) is 6.39. The summed E-state index contributed by atoms with van der Waals surface area (Å²) < 4.78 is 7.92. The normalized spacial score (nSPS) is 15.9. The van der Waals surface area contributed by atoms with E-state index in [1.54, 1.807) is 12.1 Å². The molecule has 6 nitrogen and oxygen atoms in total. The molecule has 162 valence electrons. The van der Waals surface area contributed by atoms with E-state index in [1.165, 1.54) is 37.4 Å². The largest absolute Gasteiger partial charge is 0.481 e. The number of ether oxygens (including phenoxy) is 1. The summed E-state index contributed by atoms with van der Waals surface area (Å²) in [5.41, 5.74) is 0. The molecule has 0 spiro atoms. The van der Waals surface area contributed by atoms with Crippen LogP contribution in [-0.2, 0) is 11.3 Å². The molecule has 1 aliphatic carbocycles. The third kappa shape index (κ3) is 6.25. The van der Waals surface area contributed by atoms with Crippen LogP contribution in [0.5, 0.6) is 5.75 Å². The number of nitrogens with zero attached hydrogens (tertiary/aromatic N) is 3. The second-order valence-corrected chi connectivity index (χ2v) is 8.82. The molecule has 1 saturated carbocycles. The molecular weight excluding hydrogens is 420 g/mol. The number of aromatic nitrogens is 3. The Kier molecular flexibility index (Phi) is 8.63. The van der Waals surface area contributed by atoms with E-state index in [0.29, 0.717) is 40.1 Å². The molecule has 2 aromatic rings. The topological polar surface area (TPSA) is 69.0 Å². The number of para-hydroxylation sites is 1. The van der Waals surface area contributed by atoms with Gasteiger partial charge in [-0.25, -0.2) is 0 Å². The van der Waals surface area contributed by atoms with Crippen molar-refractivity contribution in [2.45, 2.75) is 69.3 Å². The Bertz CT molecular complexity index is 849. The number of hydrogen-bond donors (Lipinski definition) is 1. The van der Waals surface area contributed by atoms with Gasteiger partial charge in [0.25, 0.3) is 0 Å². The van der Waals surface area contributed by atoms with Gasteiger partial charge in [-0.2, -0.15) is 0 Å². The van der Waals surface area contributed by atoms with Crippen LogP contribution in [0.25, 0.3) is 0 Å². The number of carbonyl (C=O) groups excluding carboxylic acids is 1. The van der Waals surface area contributed by atoms with Gasteiger partial charge in [-0.15, -0.1) is 16.8 Å². The minimum absolute atomic E-state index is 0.0435. The van der Waals surface area contributed by atoms with Gasteiger partial charge in [0.1, 0.15) is 5.75 Å². The lowest BCUT2D eigenvalue weighted by atomic mass is 10.1. The number of thioether (sulfide) groups is 1. The molecule has 0 bridgehead atoms. The van der Waals surface area contributed by atoms with Crippen LogP contribution >= 0.6 is 23.4 Å². The number of allylic oxidation sites excluding steroid dienone is 1. The molecule has 1 atom stereocenters. The van der Waals surface area contributed by atoms with Gasteiger partial charge in [-0.3, -0.25) is 9.36 Å². The summed E-state index contributed by atoms with van der Waals surface area (Å²) in [5, 5.41) is 13.0. The van der Waals surface area contributed by atoms with E-state index >= 15 is 0 Å². The van der Waals surface area contributed by atoms with Gasteiger partial charge in [0.2, 0.25) is 5.91 Å². The van der Waals surface area contributed by atoms with Crippen LogP contribution in [0.3, 0.4) is 0 Å². The average molecular weight is 449 g/mol. The summed E-state index contributed by atoms with van der Waals surface area (Å²) in [6, 6.07) is 7.63. The highest BCUT2D eigenvalue weighted by molar-refractivity contribution is 7.99. The predicted octanol–water partition coefficient (Wildman–Crippen LogP) is 5.19. The van der Waals surface area contributed by atoms with Crippen molar-refractivity contribution in [1.29, 1.82) is 0 Å². The maximum absolute atomic E-state index is 12.4. The Morgan fingerprint density at radius 1 is 1.33 bits per heavy atom. The summed E-state index contributed by atoms with van der Waals surface area (Å²) in [6.07, 6.45) is 8.49. The number of carbonyl (C=O) groups is 1.